The van der Waals surface area contributed by atoms with Crippen LogP contribution in [0, 0.1) is 5.41 Å². The number of amides is 1. The van der Waals surface area contributed by atoms with Crippen molar-refractivity contribution in [2.45, 2.75) is 46.2 Å². The molecule has 3 N–H and O–H groups in total. The average Bonchev–Trinajstić information content (AvgIpc) is 2.30. The maximum atomic E-state index is 12.0. The Bertz CT molecular complexity index is 483. The van der Waals surface area contributed by atoms with Gasteiger partial charge in [0.05, 0.1) is 6.04 Å². The maximum Gasteiger partial charge on any atom is 0.237 e. The maximum absolute atomic E-state index is 12.0. The molecule has 0 spiro atoms. The molecule has 1 amide bonds. The normalized spacial score (nSPS) is 14.8. The molecule has 5 heteroatoms. The lowest BCUT2D eigenvalue weighted by molar-refractivity contribution is -0.125. The first-order valence-electron chi connectivity index (χ1n) is 6.61. The van der Waals surface area contributed by atoms with Crippen LogP contribution in [0.25, 0.3) is 0 Å². The van der Waals surface area contributed by atoms with E-state index in [1.54, 1.807) is 12.1 Å². The van der Waals surface area contributed by atoms with Crippen molar-refractivity contribution in [1.82, 2.24) is 5.32 Å². The number of nitrogens with two attached hydrogens (primary N) is 1. The van der Waals surface area contributed by atoms with Gasteiger partial charge < -0.3 is 11.1 Å². The first-order valence-corrected chi connectivity index (χ1v) is 7.36. The highest BCUT2D eigenvalue weighted by Crippen LogP contribution is 2.22. The van der Waals surface area contributed by atoms with Gasteiger partial charge in [-0.1, -0.05) is 50.0 Å². The predicted molar refractivity (Wildman–Crippen MR) is 85.2 cm³/mol. The highest BCUT2D eigenvalue weighted by Gasteiger charge is 2.28. The van der Waals surface area contributed by atoms with Gasteiger partial charge in [0.1, 0.15) is 0 Å². The molecule has 0 aromatic heterocycles. The van der Waals surface area contributed by atoms with E-state index in [-0.39, 0.29) is 17.4 Å². The second-order valence-electron chi connectivity index (χ2n) is 6.19. The van der Waals surface area contributed by atoms with Gasteiger partial charge >= 0.3 is 0 Å². The summed E-state index contributed by atoms with van der Waals surface area (Å²) in [5.41, 5.74) is 6.62. The summed E-state index contributed by atoms with van der Waals surface area (Å²) in [7, 11) is 0. The van der Waals surface area contributed by atoms with E-state index in [2.05, 4.69) is 5.32 Å². The topological polar surface area (TPSA) is 55.1 Å². The third kappa shape index (κ3) is 4.97. The Balaban J connectivity index is 2.64. The van der Waals surface area contributed by atoms with Crippen molar-refractivity contribution in [2.24, 2.45) is 11.1 Å². The Morgan fingerprint density at radius 3 is 2.45 bits per heavy atom. The van der Waals surface area contributed by atoms with Crippen LogP contribution in [0.2, 0.25) is 10.0 Å². The largest absolute Gasteiger partial charge is 0.352 e. The standard InChI is InChI=1S/C15H22Cl2N2O/c1-9(19-14(20)13(18)15(2,3)4)7-10-5-6-11(16)8-12(10)17/h5-6,8-9,13H,7,18H2,1-4H3,(H,19,20)/t9?,13-/m1/s1. The molecule has 0 radical (unpaired) electrons. The summed E-state index contributed by atoms with van der Waals surface area (Å²) in [6.45, 7) is 7.76. The van der Waals surface area contributed by atoms with E-state index in [4.69, 9.17) is 28.9 Å². The van der Waals surface area contributed by atoms with Gasteiger partial charge in [0.2, 0.25) is 5.91 Å². The van der Waals surface area contributed by atoms with Crippen LogP contribution >= 0.6 is 23.2 Å². The van der Waals surface area contributed by atoms with Gasteiger partial charge in [-0.05, 0) is 36.5 Å². The van der Waals surface area contributed by atoms with Crippen molar-refractivity contribution >= 4 is 29.1 Å². The van der Waals surface area contributed by atoms with E-state index in [0.717, 1.165) is 5.56 Å². The van der Waals surface area contributed by atoms with Crippen LogP contribution in [0.3, 0.4) is 0 Å². The summed E-state index contributed by atoms with van der Waals surface area (Å²) < 4.78 is 0. The molecule has 0 bridgehead atoms. The van der Waals surface area contributed by atoms with Crippen molar-refractivity contribution in [1.29, 1.82) is 0 Å². The van der Waals surface area contributed by atoms with Gasteiger partial charge in [-0.25, -0.2) is 0 Å². The molecule has 3 nitrogen and oxygen atoms in total. The quantitative estimate of drug-likeness (QED) is 0.894. The smallest absolute Gasteiger partial charge is 0.237 e. The summed E-state index contributed by atoms with van der Waals surface area (Å²) >= 11 is 12.0. The molecule has 0 aliphatic heterocycles. The summed E-state index contributed by atoms with van der Waals surface area (Å²) in [4.78, 5) is 12.0. The molecule has 20 heavy (non-hydrogen) atoms. The second-order valence-corrected chi connectivity index (χ2v) is 7.04. The minimum absolute atomic E-state index is 0.0467. The average molecular weight is 317 g/mol. The van der Waals surface area contributed by atoms with Gasteiger partial charge in [-0.15, -0.1) is 0 Å². The van der Waals surface area contributed by atoms with Crippen molar-refractivity contribution in [3.05, 3.63) is 33.8 Å². The van der Waals surface area contributed by atoms with Gasteiger partial charge in [0.25, 0.3) is 0 Å². The summed E-state index contributed by atoms with van der Waals surface area (Å²) in [6, 6.07) is 4.78. The van der Waals surface area contributed by atoms with Crippen molar-refractivity contribution < 1.29 is 4.79 Å². The molecule has 1 aromatic carbocycles. The second kappa shape index (κ2) is 6.79. The summed E-state index contributed by atoms with van der Waals surface area (Å²) in [6.07, 6.45) is 0.638. The van der Waals surface area contributed by atoms with Crippen LogP contribution in [0.5, 0.6) is 0 Å². The SMILES string of the molecule is CC(Cc1ccc(Cl)cc1Cl)NC(=O)[C@@H](N)C(C)(C)C. The Morgan fingerprint density at radius 2 is 1.95 bits per heavy atom. The number of benzene rings is 1. The Kier molecular flexibility index (Phi) is 5.87. The fourth-order valence-corrected chi connectivity index (χ4v) is 2.28. The highest BCUT2D eigenvalue weighted by atomic mass is 35.5. The number of carbonyl (C=O) groups excluding carboxylic acids is 1. The van der Waals surface area contributed by atoms with Crippen molar-refractivity contribution in [3.63, 3.8) is 0 Å². The molecule has 0 aliphatic carbocycles. The number of hydrogen-bond donors (Lipinski definition) is 2. The van der Waals surface area contributed by atoms with Crippen LogP contribution in [-0.2, 0) is 11.2 Å². The van der Waals surface area contributed by atoms with Gasteiger partial charge in [-0.3, -0.25) is 4.79 Å². The molecule has 2 atom stereocenters. The fourth-order valence-electron chi connectivity index (χ4n) is 1.79. The zero-order valence-electron chi connectivity index (χ0n) is 12.3. The molecule has 0 heterocycles. The van der Waals surface area contributed by atoms with Crippen molar-refractivity contribution in [3.8, 4) is 0 Å². The van der Waals surface area contributed by atoms with E-state index >= 15 is 0 Å². The molecule has 112 valence electrons. The molecule has 1 unspecified atom stereocenters. The Labute approximate surface area is 130 Å². The minimum Gasteiger partial charge on any atom is -0.352 e. The van der Waals surface area contributed by atoms with Crippen LogP contribution in [-0.4, -0.2) is 18.0 Å². The third-order valence-electron chi connectivity index (χ3n) is 3.15. The van der Waals surface area contributed by atoms with Crippen molar-refractivity contribution in [2.75, 3.05) is 0 Å². The molecule has 1 rings (SSSR count). The molecule has 0 fully saturated rings. The van der Waals surface area contributed by atoms with E-state index in [1.165, 1.54) is 0 Å². The zero-order chi connectivity index (χ0) is 15.5. The predicted octanol–water partition coefficient (Wildman–Crippen LogP) is 3.41. The Morgan fingerprint density at radius 1 is 1.35 bits per heavy atom. The molecule has 0 aliphatic rings. The lowest BCUT2D eigenvalue weighted by atomic mass is 9.87. The van der Waals surface area contributed by atoms with Gasteiger partial charge in [0.15, 0.2) is 0 Å². The zero-order valence-corrected chi connectivity index (χ0v) is 13.8. The first kappa shape index (κ1) is 17.3. The third-order valence-corrected chi connectivity index (χ3v) is 3.73. The van der Waals surface area contributed by atoms with E-state index in [1.807, 2.05) is 33.8 Å². The number of nitrogens with one attached hydrogen (secondary N) is 1. The molecule has 1 aromatic rings. The van der Waals surface area contributed by atoms with Gasteiger partial charge in [-0.2, -0.15) is 0 Å². The minimum atomic E-state index is -0.536. The van der Waals surface area contributed by atoms with E-state index < -0.39 is 6.04 Å². The number of hydrogen-bond acceptors (Lipinski definition) is 2. The number of carbonyl (C=O) groups is 1. The lowest BCUT2D eigenvalue weighted by Gasteiger charge is -2.27. The van der Waals surface area contributed by atoms with Crippen LogP contribution in [0.15, 0.2) is 18.2 Å². The summed E-state index contributed by atoms with van der Waals surface area (Å²) in [5, 5.41) is 4.13. The fraction of sp³-hybridized carbons (Fsp3) is 0.533. The lowest BCUT2D eigenvalue weighted by Crippen LogP contribution is -2.51. The van der Waals surface area contributed by atoms with Crippen LogP contribution < -0.4 is 11.1 Å². The number of rotatable bonds is 4. The van der Waals surface area contributed by atoms with Crippen LogP contribution in [0.1, 0.15) is 33.3 Å². The van der Waals surface area contributed by atoms with E-state index in [0.29, 0.717) is 16.5 Å². The molecule has 0 saturated carbocycles. The highest BCUT2D eigenvalue weighted by molar-refractivity contribution is 6.35. The first-order chi connectivity index (χ1) is 9.11. The van der Waals surface area contributed by atoms with Gasteiger partial charge in [0, 0.05) is 16.1 Å². The van der Waals surface area contributed by atoms with E-state index in [9.17, 15) is 4.79 Å². The molecular weight excluding hydrogens is 295 g/mol. The number of halogens is 2. The van der Waals surface area contributed by atoms with Crippen LogP contribution in [0.4, 0.5) is 0 Å². The summed E-state index contributed by atoms with van der Waals surface area (Å²) in [5.74, 6) is -0.143. The molecule has 0 saturated heterocycles. The monoisotopic (exact) mass is 316 g/mol. The molecular formula is C15H22Cl2N2O. The Hall–Kier alpha value is -0.770.